The normalized spacial score (nSPS) is 17.9. The number of amides is 1. The van der Waals surface area contributed by atoms with Crippen LogP contribution in [0.2, 0.25) is 0 Å². The molecule has 1 aliphatic rings. The van der Waals surface area contributed by atoms with Crippen LogP contribution in [0.4, 0.5) is 0 Å². The topological polar surface area (TPSA) is 70.4 Å². The van der Waals surface area contributed by atoms with Crippen molar-refractivity contribution in [1.29, 1.82) is 5.26 Å². The number of likely N-dealkylation sites (tertiary alicyclic amines) is 1. The van der Waals surface area contributed by atoms with Gasteiger partial charge in [-0.05, 0) is 37.5 Å². The molecule has 1 aromatic carbocycles. The summed E-state index contributed by atoms with van der Waals surface area (Å²) in [4.78, 5) is 25.8. The van der Waals surface area contributed by atoms with E-state index in [2.05, 4.69) is 0 Å². The van der Waals surface area contributed by atoms with E-state index in [0.717, 1.165) is 19.3 Å². The third-order valence-electron chi connectivity index (χ3n) is 3.76. The molecule has 1 aliphatic heterocycles. The standard InChI is InChI=1S/C16H18N2O3/c1-21-15(19)10-14-7-2-3-8-18(14)16(20)13-6-4-5-12(9-13)11-17/h4-6,9,14H,2-3,7-8,10H2,1H3. The summed E-state index contributed by atoms with van der Waals surface area (Å²) in [6.07, 6.45) is 2.96. The van der Waals surface area contributed by atoms with Crippen molar-refractivity contribution in [1.82, 2.24) is 4.90 Å². The minimum absolute atomic E-state index is 0.121. The van der Waals surface area contributed by atoms with E-state index in [9.17, 15) is 9.59 Å². The molecular weight excluding hydrogens is 268 g/mol. The first-order valence-electron chi connectivity index (χ1n) is 7.03. The highest BCUT2D eigenvalue weighted by atomic mass is 16.5. The van der Waals surface area contributed by atoms with Gasteiger partial charge >= 0.3 is 5.97 Å². The number of nitriles is 1. The Morgan fingerprint density at radius 2 is 2.24 bits per heavy atom. The second-order valence-corrected chi connectivity index (χ2v) is 5.12. The van der Waals surface area contributed by atoms with Crippen LogP contribution in [0.25, 0.3) is 0 Å². The minimum Gasteiger partial charge on any atom is -0.469 e. The Morgan fingerprint density at radius 3 is 2.95 bits per heavy atom. The smallest absolute Gasteiger partial charge is 0.307 e. The van der Waals surface area contributed by atoms with Crippen molar-refractivity contribution < 1.29 is 14.3 Å². The van der Waals surface area contributed by atoms with Gasteiger partial charge in [0.15, 0.2) is 0 Å². The van der Waals surface area contributed by atoms with Crippen molar-refractivity contribution in [2.24, 2.45) is 0 Å². The SMILES string of the molecule is COC(=O)CC1CCCCN1C(=O)c1cccc(C#N)c1. The molecule has 0 saturated carbocycles. The number of esters is 1. The molecule has 1 heterocycles. The van der Waals surface area contributed by atoms with Gasteiger partial charge in [0.25, 0.3) is 5.91 Å². The third-order valence-corrected chi connectivity index (χ3v) is 3.76. The van der Waals surface area contributed by atoms with Crippen LogP contribution in [-0.2, 0) is 9.53 Å². The second kappa shape index (κ2) is 6.89. The number of rotatable bonds is 3. The number of benzene rings is 1. The molecule has 1 aromatic rings. The van der Waals surface area contributed by atoms with E-state index >= 15 is 0 Å². The number of hydrogen-bond donors (Lipinski definition) is 0. The average Bonchev–Trinajstić information content (AvgIpc) is 2.54. The van der Waals surface area contributed by atoms with Crippen molar-refractivity contribution >= 4 is 11.9 Å². The quantitative estimate of drug-likeness (QED) is 0.798. The van der Waals surface area contributed by atoms with Crippen molar-refractivity contribution in [3.05, 3.63) is 35.4 Å². The molecule has 21 heavy (non-hydrogen) atoms. The van der Waals surface area contributed by atoms with Gasteiger partial charge in [0.1, 0.15) is 0 Å². The molecule has 1 saturated heterocycles. The maximum atomic E-state index is 12.6. The number of piperidine rings is 1. The van der Waals surface area contributed by atoms with Gasteiger partial charge < -0.3 is 9.64 Å². The van der Waals surface area contributed by atoms with E-state index in [0.29, 0.717) is 17.7 Å². The first kappa shape index (κ1) is 15.0. The molecule has 5 heteroatoms. The Kier molecular flexibility index (Phi) is 4.94. The highest BCUT2D eigenvalue weighted by molar-refractivity contribution is 5.95. The van der Waals surface area contributed by atoms with Crippen molar-refractivity contribution in [2.45, 2.75) is 31.7 Å². The van der Waals surface area contributed by atoms with Gasteiger partial charge in [0.05, 0.1) is 25.2 Å². The van der Waals surface area contributed by atoms with E-state index < -0.39 is 0 Å². The second-order valence-electron chi connectivity index (χ2n) is 5.12. The summed E-state index contributed by atoms with van der Waals surface area (Å²) in [6, 6.07) is 8.57. The summed E-state index contributed by atoms with van der Waals surface area (Å²) in [5.41, 5.74) is 0.952. The van der Waals surface area contributed by atoms with Crippen LogP contribution in [0.3, 0.4) is 0 Å². The molecule has 1 unspecified atom stereocenters. The van der Waals surface area contributed by atoms with Gasteiger partial charge in [-0.25, -0.2) is 0 Å². The zero-order valence-corrected chi connectivity index (χ0v) is 12.0. The van der Waals surface area contributed by atoms with Crippen LogP contribution in [-0.4, -0.2) is 36.5 Å². The molecule has 0 aliphatic carbocycles. The predicted octanol–water partition coefficient (Wildman–Crippen LogP) is 2.12. The van der Waals surface area contributed by atoms with Crippen LogP contribution in [0.5, 0.6) is 0 Å². The predicted molar refractivity (Wildman–Crippen MR) is 76.5 cm³/mol. The first-order valence-corrected chi connectivity index (χ1v) is 7.03. The van der Waals surface area contributed by atoms with Gasteiger partial charge in [0.2, 0.25) is 0 Å². The number of hydrogen-bond acceptors (Lipinski definition) is 4. The number of methoxy groups -OCH3 is 1. The van der Waals surface area contributed by atoms with Gasteiger partial charge in [-0.1, -0.05) is 6.07 Å². The highest BCUT2D eigenvalue weighted by Crippen LogP contribution is 2.22. The maximum absolute atomic E-state index is 12.6. The maximum Gasteiger partial charge on any atom is 0.307 e. The van der Waals surface area contributed by atoms with Crippen LogP contribution < -0.4 is 0 Å². The summed E-state index contributed by atoms with van der Waals surface area (Å²) in [7, 11) is 1.35. The zero-order chi connectivity index (χ0) is 15.2. The summed E-state index contributed by atoms with van der Waals surface area (Å²) in [6.45, 7) is 0.636. The Hall–Kier alpha value is -2.35. The van der Waals surface area contributed by atoms with E-state index in [1.165, 1.54) is 7.11 Å². The van der Waals surface area contributed by atoms with Gasteiger partial charge in [0, 0.05) is 18.2 Å². The fourth-order valence-corrected chi connectivity index (χ4v) is 2.64. The van der Waals surface area contributed by atoms with E-state index in [-0.39, 0.29) is 24.3 Å². The summed E-state index contributed by atoms with van der Waals surface area (Å²) in [5.74, 6) is -0.425. The van der Waals surface area contributed by atoms with Gasteiger partial charge in [-0.2, -0.15) is 5.26 Å². The molecule has 5 nitrogen and oxygen atoms in total. The fraction of sp³-hybridized carbons (Fsp3) is 0.438. The van der Waals surface area contributed by atoms with Crippen molar-refractivity contribution in [3.63, 3.8) is 0 Å². The van der Waals surface area contributed by atoms with Gasteiger partial charge in [-0.3, -0.25) is 9.59 Å². The Labute approximate surface area is 124 Å². The molecule has 2 rings (SSSR count). The lowest BCUT2D eigenvalue weighted by Gasteiger charge is -2.35. The molecule has 1 atom stereocenters. The molecule has 0 radical (unpaired) electrons. The first-order chi connectivity index (χ1) is 10.2. The van der Waals surface area contributed by atoms with Crippen molar-refractivity contribution in [2.75, 3.05) is 13.7 Å². The lowest BCUT2D eigenvalue weighted by molar-refractivity contribution is -0.142. The Balaban J connectivity index is 2.18. The van der Waals surface area contributed by atoms with Crippen LogP contribution >= 0.6 is 0 Å². The lowest BCUT2D eigenvalue weighted by atomic mass is 9.98. The highest BCUT2D eigenvalue weighted by Gasteiger charge is 2.29. The minimum atomic E-state index is -0.300. The number of nitrogens with zero attached hydrogens (tertiary/aromatic N) is 2. The Morgan fingerprint density at radius 1 is 1.43 bits per heavy atom. The third kappa shape index (κ3) is 3.60. The summed E-state index contributed by atoms with van der Waals surface area (Å²) >= 11 is 0. The van der Waals surface area contributed by atoms with Crippen molar-refractivity contribution in [3.8, 4) is 6.07 Å². The Bertz CT molecular complexity index is 577. The largest absolute Gasteiger partial charge is 0.469 e. The zero-order valence-electron chi connectivity index (χ0n) is 12.0. The molecule has 110 valence electrons. The molecule has 0 N–H and O–H groups in total. The average molecular weight is 286 g/mol. The van der Waals surface area contributed by atoms with E-state index in [1.54, 1.807) is 29.2 Å². The number of carbonyl (C=O) groups is 2. The van der Waals surface area contributed by atoms with E-state index in [1.807, 2.05) is 6.07 Å². The monoisotopic (exact) mass is 286 g/mol. The number of ether oxygens (including phenoxy) is 1. The fourth-order valence-electron chi connectivity index (χ4n) is 2.64. The summed E-state index contributed by atoms with van der Waals surface area (Å²) in [5, 5.41) is 8.92. The molecule has 1 fully saturated rings. The summed E-state index contributed by atoms with van der Waals surface area (Å²) < 4.78 is 4.70. The molecular formula is C16H18N2O3. The van der Waals surface area contributed by atoms with E-state index in [4.69, 9.17) is 10.00 Å². The molecule has 1 amide bonds. The molecule has 0 spiro atoms. The molecule has 0 bridgehead atoms. The molecule has 0 aromatic heterocycles. The van der Waals surface area contributed by atoms with Crippen LogP contribution in [0.15, 0.2) is 24.3 Å². The van der Waals surface area contributed by atoms with Crippen LogP contribution in [0, 0.1) is 11.3 Å². The van der Waals surface area contributed by atoms with Crippen LogP contribution in [0.1, 0.15) is 41.6 Å². The lowest BCUT2D eigenvalue weighted by Crippen LogP contribution is -2.44. The number of carbonyl (C=O) groups excluding carboxylic acids is 2. The van der Waals surface area contributed by atoms with Gasteiger partial charge in [-0.15, -0.1) is 0 Å².